The number of carbonyl (C=O) groups is 2. The third-order valence-corrected chi connectivity index (χ3v) is 4.34. The van der Waals surface area contributed by atoms with Crippen molar-refractivity contribution in [1.82, 2.24) is 0 Å². The minimum atomic E-state index is -2.81. The summed E-state index contributed by atoms with van der Waals surface area (Å²) >= 11 is 0. The molecule has 3 aliphatic rings. The van der Waals surface area contributed by atoms with Crippen molar-refractivity contribution in [2.24, 2.45) is 0 Å². The zero-order valence-electron chi connectivity index (χ0n) is 14.9. The van der Waals surface area contributed by atoms with Crippen LogP contribution in [0.2, 0.25) is 0 Å². The van der Waals surface area contributed by atoms with E-state index in [0.29, 0.717) is 0 Å². The monoisotopic (exact) mass is 362 g/mol. The number of esters is 1. The summed E-state index contributed by atoms with van der Waals surface area (Å²) < 4.78 is 48.4. The number of alkyl halides is 1. The van der Waals surface area contributed by atoms with Crippen molar-refractivity contribution < 1.29 is 42.4 Å². The summed E-state index contributed by atoms with van der Waals surface area (Å²) in [6.07, 6.45) is -4.87. The number of hydrogen-bond acceptors (Lipinski definition) is 8. The third-order valence-electron chi connectivity index (χ3n) is 4.34. The molecule has 3 heterocycles. The van der Waals surface area contributed by atoms with Crippen molar-refractivity contribution in [2.45, 2.75) is 76.5 Å². The zero-order chi connectivity index (χ0) is 18.6. The minimum absolute atomic E-state index is 0.00226. The lowest BCUT2D eigenvalue weighted by Gasteiger charge is -2.32. The molecule has 0 N–H and O–H groups in total. The van der Waals surface area contributed by atoms with Crippen LogP contribution in [-0.2, 0) is 38.0 Å². The Balaban J connectivity index is 1.92. The van der Waals surface area contributed by atoms with Crippen LogP contribution in [0.3, 0.4) is 0 Å². The van der Waals surface area contributed by atoms with Crippen molar-refractivity contribution in [1.29, 1.82) is 0 Å². The Morgan fingerprint density at radius 3 is 2.32 bits per heavy atom. The first-order valence-corrected chi connectivity index (χ1v) is 8.23. The van der Waals surface area contributed by atoms with Crippen LogP contribution in [0.1, 0.15) is 34.6 Å². The van der Waals surface area contributed by atoms with Crippen LogP contribution in [0.4, 0.5) is 4.39 Å². The fourth-order valence-corrected chi connectivity index (χ4v) is 3.35. The number of hydrogen-bond donors (Lipinski definition) is 0. The van der Waals surface area contributed by atoms with E-state index in [1.54, 1.807) is 27.7 Å². The van der Waals surface area contributed by atoms with Crippen LogP contribution >= 0.6 is 0 Å². The lowest BCUT2D eigenvalue weighted by molar-refractivity contribution is -0.237. The van der Waals surface area contributed by atoms with Gasteiger partial charge in [0.1, 0.15) is 12.2 Å². The molecular formula is C16H23FO8. The van der Waals surface area contributed by atoms with Gasteiger partial charge in [-0.3, -0.25) is 4.79 Å². The highest BCUT2D eigenvalue weighted by atomic mass is 19.1. The van der Waals surface area contributed by atoms with Crippen molar-refractivity contribution in [3.63, 3.8) is 0 Å². The molecule has 142 valence electrons. The van der Waals surface area contributed by atoms with Gasteiger partial charge in [-0.25, -0.2) is 9.18 Å². The quantitative estimate of drug-likeness (QED) is 0.537. The summed E-state index contributed by atoms with van der Waals surface area (Å²) in [5.74, 6) is -4.77. The fraction of sp³-hybridized carbons (Fsp3) is 0.875. The van der Waals surface area contributed by atoms with E-state index in [4.69, 9.17) is 23.7 Å². The molecule has 3 aliphatic heterocycles. The van der Waals surface area contributed by atoms with Crippen molar-refractivity contribution in [3.8, 4) is 0 Å². The molecule has 25 heavy (non-hydrogen) atoms. The Morgan fingerprint density at radius 2 is 1.76 bits per heavy atom. The Morgan fingerprint density at radius 1 is 1.08 bits per heavy atom. The maximum Gasteiger partial charge on any atom is 0.378 e. The molecule has 0 aliphatic carbocycles. The molecule has 0 saturated carbocycles. The Labute approximate surface area is 144 Å². The van der Waals surface area contributed by atoms with Crippen molar-refractivity contribution in [3.05, 3.63) is 0 Å². The van der Waals surface area contributed by atoms with Gasteiger partial charge in [-0.05, 0) is 34.6 Å². The van der Waals surface area contributed by atoms with Crippen LogP contribution in [0, 0.1) is 0 Å². The summed E-state index contributed by atoms with van der Waals surface area (Å²) in [4.78, 5) is 24.5. The predicted octanol–water partition coefficient (Wildman–Crippen LogP) is 0.855. The molecule has 8 nitrogen and oxygen atoms in total. The number of halogens is 1. The van der Waals surface area contributed by atoms with Crippen LogP contribution < -0.4 is 0 Å². The van der Waals surface area contributed by atoms with E-state index < -0.39 is 53.6 Å². The number of fused-ring (bicyclic) bond motifs is 1. The summed E-state index contributed by atoms with van der Waals surface area (Å²) in [5, 5.41) is 0. The van der Waals surface area contributed by atoms with Crippen molar-refractivity contribution in [2.75, 3.05) is 13.2 Å². The topological polar surface area (TPSA) is 89.5 Å². The number of ether oxygens (including phenoxy) is 6. The number of carbonyl (C=O) groups excluding carboxylic acids is 2. The maximum absolute atomic E-state index is 16.0. The third kappa shape index (κ3) is 3.08. The number of rotatable bonds is 4. The SMILES string of the molecule is CCOC(=O)C(=O)[C@]1(F)[C@@H]([C@@H]2COC(C)(C)O2)O[C@@H]2OC(C)(C)O[C@@H]21. The van der Waals surface area contributed by atoms with Gasteiger partial charge in [0.25, 0.3) is 5.78 Å². The standard InChI is InChI=1S/C16H23FO8/c1-6-20-12(19)9(18)16(17)10(8-7-21-14(2,3)23-8)22-13-11(16)24-15(4,5)25-13/h8,10-11,13H,6-7H2,1-5H3/t8-,10+,11-,13+,16-/m0/s1. The molecule has 0 unspecified atom stereocenters. The summed E-state index contributed by atoms with van der Waals surface area (Å²) in [7, 11) is 0. The fourth-order valence-electron chi connectivity index (χ4n) is 3.35. The maximum atomic E-state index is 16.0. The zero-order valence-corrected chi connectivity index (χ0v) is 14.9. The van der Waals surface area contributed by atoms with Gasteiger partial charge in [-0.1, -0.05) is 0 Å². The number of ketones is 1. The van der Waals surface area contributed by atoms with E-state index in [-0.39, 0.29) is 13.2 Å². The Bertz CT molecular complexity index is 576. The lowest BCUT2D eigenvalue weighted by atomic mass is 9.87. The van der Waals surface area contributed by atoms with E-state index in [2.05, 4.69) is 4.74 Å². The molecule has 0 aromatic heterocycles. The Kier molecular flexibility index (Phi) is 4.44. The molecule has 0 spiro atoms. The predicted molar refractivity (Wildman–Crippen MR) is 79.1 cm³/mol. The van der Waals surface area contributed by atoms with E-state index >= 15 is 4.39 Å². The highest BCUT2D eigenvalue weighted by Gasteiger charge is 2.72. The average Bonchev–Trinajstić information content (AvgIpc) is 3.09. The molecule has 0 radical (unpaired) electrons. The second-order valence-corrected chi connectivity index (χ2v) is 7.17. The summed E-state index contributed by atoms with van der Waals surface area (Å²) in [6, 6.07) is 0. The molecule has 0 bridgehead atoms. The largest absolute Gasteiger partial charge is 0.460 e. The molecule has 0 aromatic rings. The molecule has 3 fully saturated rings. The molecule has 0 aromatic carbocycles. The minimum Gasteiger partial charge on any atom is -0.460 e. The first-order chi connectivity index (χ1) is 11.5. The molecular weight excluding hydrogens is 339 g/mol. The lowest BCUT2D eigenvalue weighted by Crippen LogP contribution is -2.58. The van der Waals surface area contributed by atoms with Gasteiger partial charge in [0.15, 0.2) is 24.0 Å². The summed E-state index contributed by atoms with van der Waals surface area (Å²) in [6.45, 7) is 7.92. The van der Waals surface area contributed by atoms with Gasteiger partial charge in [-0.15, -0.1) is 0 Å². The second kappa shape index (κ2) is 5.95. The van der Waals surface area contributed by atoms with E-state index in [0.717, 1.165) is 0 Å². The van der Waals surface area contributed by atoms with Gasteiger partial charge >= 0.3 is 5.97 Å². The normalized spacial score (nSPS) is 41.5. The van der Waals surface area contributed by atoms with Gasteiger partial charge in [0, 0.05) is 0 Å². The second-order valence-electron chi connectivity index (χ2n) is 7.17. The molecule has 9 heteroatoms. The molecule has 0 amide bonds. The highest BCUT2D eigenvalue weighted by molar-refractivity contribution is 6.37. The van der Waals surface area contributed by atoms with E-state index in [9.17, 15) is 9.59 Å². The number of Topliss-reactive ketones (excluding diaryl/α,β-unsaturated/α-hetero) is 1. The van der Waals surface area contributed by atoms with Gasteiger partial charge in [0.2, 0.25) is 5.67 Å². The smallest absolute Gasteiger partial charge is 0.378 e. The first kappa shape index (κ1) is 18.7. The van der Waals surface area contributed by atoms with Crippen LogP contribution in [0.15, 0.2) is 0 Å². The van der Waals surface area contributed by atoms with Crippen molar-refractivity contribution >= 4 is 11.8 Å². The summed E-state index contributed by atoms with van der Waals surface area (Å²) in [5.41, 5.74) is -2.81. The van der Waals surface area contributed by atoms with Crippen LogP contribution in [-0.4, -0.2) is 66.8 Å². The van der Waals surface area contributed by atoms with E-state index in [1.807, 2.05) is 0 Å². The van der Waals surface area contributed by atoms with Gasteiger partial charge in [-0.2, -0.15) is 0 Å². The van der Waals surface area contributed by atoms with Gasteiger partial charge < -0.3 is 28.4 Å². The Hall–Kier alpha value is -1.13. The van der Waals surface area contributed by atoms with E-state index in [1.165, 1.54) is 6.92 Å². The average molecular weight is 362 g/mol. The molecule has 3 saturated heterocycles. The molecule has 3 rings (SSSR count). The van der Waals surface area contributed by atoms with Crippen LogP contribution in [0.5, 0.6) is 0 Å². The highest BCUT2D eigenvalue weighted by Crippen LogP contribution is 2.48. The molecule has 5 atom stereocenters. The van der Waals surface area contributed by atoms with Gasteiger partial charge in [0.05, 0.1) is 13.2 Å². The van der Waals surface area contributed by atoms with Crippen LogP contribution in [0.25, 0.3) is 0 Å². The first-order valence-electron chi connectivity index (χ1n) is 8.23.